The Hall–Kier alpha value is -1.31. The van der Waals surface area contributed by atoms with Crippen molar-refractivity contribution in [1.82, 2.24) is 9.55 Å². The Morgan fingerprint density at radius 3 is 2.53 bits per heavy atom. The summed E-state index contributed by atoms with van der Waals surface area (Å²) in [5.41, 5.74) is 2.50. The molecular formula is C17H24N2. The number of imidazole rings is 1. The molecule has 0 amide bonds. The minimum Gasteiger partial charge on any atom is -0.325 e. The van der Waals surface area contributed by atoms with E-state index in [4.69, 9.17) is 4.98 Å². The Morgan fingerprint density at radius 1 is 1.11 bits per heavy atom. The summed E-state index contributed by atoms with van der Waals surface area (Å²) >= 11 is 0. The van der Waals surface area contributed by atoms with Gasteiger partial charge in [-0.3, -0.25) is 0 Å². The van der Waals surface area contributed by atoms with Gasteiger partial charge in [-0.1, -0.05) is 32.4 Å². The van der Waals surface area contributed by atoms with Gasteiger partial charge in [0.1, 0.15) is 5.82 Å². The van der Waals surface area contributed by atoms with Crippen LogP contribution in [0.25, 0.3) is 11.0 Å². The van der Waals surface area contributed by atoms with Crippen LogP contribution in [-0.4, -0.2) is 9.55 Å². The van der Waals surface area contributed by atoms with Crippen LogP contribution in [0.1, 0.15) is 57.8 Å². The van der Waals surface area contributed by atoms with Crippen molar-refractivity contribution in [2.75, 3.05) is 0 Å². The summed E-state index contributed by atoms with van der Waals surface area (Å²) < 4.78 is 2.53. The van der Waals surface area contributed by atoms with Gasteiger partial charge in [0, 0.05) is 12.5 Å². The first-order chi connectivity index (χ1) is 9.33. The van der Waals surface area contributed by atoms with Crippen molar-refractivity contribution in [2.24, 2.45) is 5.92 Å². The van der Waals surface area contributed by atoms with Crippen LogP contribution >= 0.6 is 0 Å². The number of benzene rings is 1. The van der Waals surface area contributed by atoms with Crippen LogP contribution in [0.2, 0.25) is 0 Å². The molecule has 1 aliphatic rings. The highest BCUT2D eigenvalue weighted by atomic mass is 15.1. The van der Waals surface area contributed by atoms with Gasteiger partial charge in [-0.05, 0) is 43.7 Å². The first-order valence-electron chi connectivity index (χ1n) is 7.79. The minimum atomic E-state index is 0.671. The quantitative estimate of drug-likeness (QED) is 0.775. The molecule has 102 valence electrons. The Labute approximate surface area is 115 Å². The Balaban J connectivity index is 1.95. The average molecular weight is 256 g/mol. The summed E-state index contributed by atoms with van der Waals surface area (Å²) in [5, 5.41) is 0. The highest BCUT2D eigenvalue weighted by Crippen LogP contribution is 2.36. The second kappa shape index (κ2) is 5.36. The number of hydrogen-bond donors (Lipinski definition) is 0. The van der Waals surface area contributed by atoms with E-state index in [1.54, 1.807) is 0 Å². The van der Waals surface area contributed by atoms with E-state index in [1.165, 1.54) is 43.4 Å². The summed E-state index contributed by atoms with van der Waals surface area (Å²) in [5.74, 6) is 2.22. The van der Waals surface area contributed by atoms with Crippen molar-refractivity contribution in [1.29, 1.82) is 0 Å². The molecule has 1 saturated carbocycles. The van der Waals surface area contributed by atoms with Gasteiger partial charge in [-0.2, -0.15) is 0 Å². The van der Waals surface area contributed by atoms with Crippen LogP contribution in [0, 0.1) is 5.92 Å². The number of para-hydroxylation sites is 2. The second-order valence-electron chi connectivity index (χ2n) is 5.82. The molecule has 0 spiro atoms. The third-order valence-electron chi connectivity index (χ3n) is 4.74. The lowest BCUT2D eigenvalue weighted by Gasteiger charge is -2.30. The summed E-state index contributed by atoms with van der Waals surface area (Å²) in [4.78, 5) is 4.81. The van der Waals surface area contributed by atoms with Crippen LogP contribution in [0.3, 0.4) is 0 Å². The van der Waals surface area contributed by atoms with Crippen LogP contribution in [0.4, 0.5) is 0 Å². The van der Waals surface area contributed by atoms with Gasteiger partial charge in [-0.25, -0.2) is 4.98 Å². The van der Waals surface area contributed by atoms with Crippen LogP contribution in [-0.2, 0) is 6.42 Å². The van der Waals surface area contributed by atoms with Crippen LogP contribution in [0.5, 0.6) is 0 Å². The maximum Gasteiger partial charge on any atom is 0.109 e. The van der Waals surface area contributed by atoms with Crippen LogP contribution < -0.4 is 0 Å². The fraction of sp³-hybridized carbons (Fsp3) is 0.588. The number of rotatable bonds is 3. The van der Waals surface area contributed by atoms with Gasteiger partial charge in [0.25, 0.3) is 0 Å². The number of fused-ring (bicyclic) bond motifs is 1. The molecule has 0 radical (unpaired) electrons. The highest BCUT2D eigenvalue weighted by molar-refractivity contribution is 5.76. The summed E-state index contributed by atoms with van der Waals surface area (Å²) in [7, 11) is 0. The smallest absolute Gasteiger partial charge is 0.109 e. The molecule has 19 heavy (non-hydrogen) atoms. The van der Waals surface area contributed by atoms with Gasteiger partial charge in [0.15, 0.2) is 0 Å². The van der Waals surface area contributed by atoms with E-state index >= 15 is 0 Å². The molecule has 0 N–H and O–H groups in total. The molecule has 1 fully saturated rings. The number of aromatic nitrogens is 2. The molecule has 1 aromatic carbocycles. The van der Waals surface area contributed by atoms with E-state index in [9.17, 15) is 0 Å². The molecule has 0 aliphatic heterocycles. The van der Waals surface area contributed by atoms with Crippen molar-refractivity contribution in [3.63, 3.8) is 0 Å². The molecule has 1 aliphatic carbocycles. The number of hydrogen-bond acceptors (Lipinski definition) is 1. The summed E-state index contributed by atoms with van der Waals surface area (Å²) in [6, 6.07) is 9.27. The van der Waals surface area contributed by atoms with Gasteiger partial charge < -0.3 is 4.57 Å². The molecule has 0 unspecified atom stereocenters. The molecule has 0 saturated heterocycles. The molecule has 0 bridgehead atoms. The summed E-state index contributed by atoms with van der Waals surface area (Å²) in [6.07, 6.45) is 7.80. The Kier molecular flexibility index (Phi) is 3.58. The molecule has 1 heterocycles. The van der Waals surface area contributed by atoms with Gasteiger partial charge >= 0.3 is 0 Å². The third kappa shape index (κ3) is 2.29. The third-order valence-corrected chi connectivity index (χ3v) is 4.74. The average Bonchev–Trinajstić information content (AvgIpc) is 2.86. The number of nitrogens with zero attached hydrogens (tertiary/aromatic N) is 2. The van der Waals surface area contributed by atoms with Crippen molar-refractivity contribution in [3.05, 3.63) is 30.1 Å². The standard InChI is InChI=1S/C17H24N2/c1-3-13-9-11-14(12-10-13)19-16-8-6-5-7-15(16)18-17(19)4-2/h5-8,13-14H,3-4,9-12H2,1-2H3. The second-order valence-corrected chi connectivity index (χ2v) is 5.82. The summed E-state index contributed by atoms with van der Waals surface area (Å²) in [6.45, 7) is 4.55. The van der Waals surface area contributed by atoms with Gasteiger partial charge in [-0.15, -0.1) is 0 Å². The minimum absolute atomic E-state index is 0.671. The predicted molar refractivity (Wildman–Crippen MR) is 80.4 cm³/mol. The first-order valence-corrected chi connectivity index (χ1v) is 7.79. The zero-order chi connectivity index (χ0) is 13.2. The van der Waals surface area contributed by atoms with E-state index < -0.39 is 0 Å². The first kappa shape index (κ1) is 12.7. The maximum absolute atomic E-state index is 4.81. The highest BCUT2D eigenvalue weighted by Gasteiger charge is 2.24. The van der Waals surface area contributed by atoms with E-state index in [-0.39, 0.29) is 0 Å². The fourth-order valence-corrected chi connectivity index (χ4v) is 3.56. The van der Waals surface area contributed by atoms with E-state index in [2.05, 4.69) is 42.7 Å². The van der Waals surface area contributed by atoms with Gasteiger partial charge in [0.05, 0.1) is 11.0 Å². The molecule has 3 rings (SSSR count). The largest absolute Gasteiger partial charge is 0.325 e. The SMILES string of the molecule is CCc1nc2ccccc2n1C1CCC(CC)CC1. The molecule has 2 heteroatoms. The lowest BCUT2D eigenvalue weighted by molar-refractivity contribution is 0.270. The monoisotopic (exact) mass is 256 g/mol. The Morgan fingerprint density at radius 2 is 1.84 bits per heavy atom. The number of aryl methyl sites for hydroxylation is 1. The molecule has 2 aromatic rings. The zero-order valence-electron chi connectivity index (χ0n) is 12.1. The molecular weight excluding hydrogens is 232 g/mol. The van der Waals surface area contributed by atoms with Crippen molar-refractivity contribution in [2.45, 2.75) is 58.4 Å². The normalized spacial score (nSPS) is 23.9. The van der Waals surface area contributed by atoms with Gasteiger partial charge in [0.2, 0.25) is 0 Å². The van der Waals surface area contributed by atoms with Crippen molar-refractivity contribution >= 4 is 11.0 Å². The maximum atomic E-state index is 4.81. The topological polar surface area (TPSA) is 17.8 Å². The van der Waals surface area contributed by atoms with Crippen LogP contribution in [0.15, 0.2) is 24.3 Å². The zero-order valence-corrected chi connectivity index (χ0v) is 12.1. The fourth-order valence-electron chi connectivity index (χ4n) is 3.56. The lowest BCUT2D eigenvalue weighted by atomic mass is 9.84. The van der Waals surface area contributed by atoms with E-state index in [0.29, 0.717) is 6.04 Å². The van der Waals surface area contributed by atoms with E-state index in [0.717, 1.165) is 17.9 Å². The molecule has 1 aromatic heterocycles. The lowest BCUT2D eigenvalue weighted by Crippen LogP contribution is -2.19. The van der Waals surface area contributed by atoms with Crippen molar-refractivity contribution < 1.29 is 0 Å². The Bertz CT molecular complexity index is 547. The van der Waals surface area contributed by atoms with E-state index in [1.807, 2.05) is 0 Å². The predicted octanol–water partition coefficient (Wildman–Crippen LogP) is 4.74. The van der Waals surface area contributed by atoms with Crippen molar-refractivity contribution in [3.8, 4) is 0 Å². The molecule has 2 nitrogen and oxygen atoms in total. The molecule has 0 atom stereocenters.